The van der Waals surface area contributed by atoms with Crippen molar-refractivity contribution in [2.24, 2.45) is 0 Å². The summed E-state index contributed by atoms with van der Waals surface area (Å²) in [4.78, 5) is 44.6. The normalized spacial score (nSPS) is 11.1. The largest absolute Gasteiger partial charge is 0.462 e. The van der Waals surface area contributed by atoms with Crippen molar-refractivity contribution in [1.82, 2.24) is 9.55 Å². The molecule has 0 saturated heterocycles. The Morgan fingerprint density at radius 1 is 1.19 bits per heavy atom. The Morgan fingerprint density at radius 3 is 2.65 bits per heavy atom. The Morgan fingerprint density at radius 2 is 1.97 bits per heavy atom. The molecule has 7 nitrogen and oxygen atoms in total. The minimum Gasteiger partial charge on any atom is -0.462 e. The molecule has 3 aromatic heterocycles. The molecule has 166 valence electrons. The molecular weight excluding hydrogens is 434 g/mol. The topological polar surface area (TPSA) is 90.3 Å². The van der Waals surface area contributed by atoms with Gasteiger partial charge in [-0.1, -0.05) is 26.7 Å². The molecule has 0 spiro atoms. The second-order valence-electron chi connectivity index (χ2n) is 7.17. The van der Waals surface area contributed by atoms with Crippen LogP contribution in [0.15, 0.2) is 17.2 Å². The van der Waals surface area contributed by atoms with Gasteiger partial charge in [-0.2, -0.15) is 0 Å². The summed E-state index contributed by atoms with van der Waals surface area (Å²) in [6.45, 7) is 8.49. The first-order valence-corrected chi connectivity index (χ1v) is 12.1. The molecule has 0 aromatic carbocycles. The fourth-order valence-electron chi connectivity index (χ4n) is 3.30. The number of esters is 1. The lowest BCUT2D eigenvalue weighted by Gasteiger charge is -2.06. The summed E-state index contributed by atoms with van der Waals surface area (Å²) in [5.41, 5.74) is 0.850. The highest BCUT2D eigenvalue weighted by atomic mass is 32.1. The van der Waals surface area contributed by atoms with Crippen LogP contribution in [-0.4, -0.2) is 28.0 Å². The first kappa shape index (κ1) is 23.1. The lowest BCUT2D eigenvalue weighted by Crippen LogP contribution is -2.20. The van der Waals surface area contributed by atoms with Gasteiger partial charge in [0.25, 0.3) is 11.5 Å². The zero-order valence-electron chi connectivity index (χ0n) is 18.2. The zero-order valence-corrected chi connectivity index (χ0v) is 19.9. The van der Waals surface area contributed by atoms with Crippen LogP contribution in [0, 0.1) is 6.92 Å². The molecular formula is C22H27N3O4S2. The monoisotopic (exact) mass is 461 g/mol. The summed E-state index contributed by atoms with van der Waals surface area (Å²) in [6.07, 6.45) is 5.33. The molecule has 0 aliphatic heterocycles. The third-order valence-corrected chi connectivity index (χ3v) is 7.37. The van der Waals surface area contributed by atoms with Crippen molar-refractivity contribution >= 4 is 49.8 Å². The summed E-state index contributed by atoms with van der Waals surface area (Å²) in [5, 5.41) is 3.80. The van der Waals surface area contributed by atoms with Gasteiger partial charge in [0.1, 0.15) is 9.83 Å². The predicted molar refractivity (Wildman–Crippen MR) is 126 cm³/mol. The maximum Gasteiger partial charge on any atom is 0.341 e. The van der Waals surface area contributed by atoms with E-state index >= 15 is 0 Å². The Bertz CT molecular complexity index is 1160. The van der Waals surface area contributed by atoms with Crippen LogP contribution in [0.2, 0.25) is 0 Å². The molecule has 0 saturated carbocycles. The van der Waals surface area contributed by atoms with Gasteiger partial charge in [0.05, 0.1) is 28.8 Å². The standard InChI is InChI=1S/C22H27N3O4S2/c1-5-8-9-10-25-12-23-20-16(21(25)27)13(4)17(31-20)18(26)24-19-15(22(28)29-7-3)11-14(6-2)30-19/h11-12H,5-10H2,1-4H3,(H,24,26). The summed E-state index contributed by atoms with van der Waals surface area (Å²) in [7, 11) is 0. The fourth-order valence-corrected chi connectivity index (χ4v) is 5.31. The maximum atomic E-state index is 13.1. The fraction of sp³-hybridized carbons (Fsp3) is 0.455. The van der Waals surface area contributed by atoms with Gasteiger partial charge in [0.2, 0.25) is 0 Å². The van der Waals surface area contributed by atoms with Gasteiger partial charge in [-0.05, 0) is 38.3 Å². The van der Waals surface area contributed by atoms with E-state index in [0.717, 1.165) is 30.6 Å². The van der Waals surface area contributed by atoms with Crippen LogP contribution in [0.25, 0.3) is 10.2 Å². The number of nitrogens with one attached hydrogen (secondary N) is 1. The Kier molecular flexibility index (Phi) is 7.61. The SMILES string of the molecule is CCCCCn1cnc2sc(C(=O)Nc3sc(CC)cc3C(=O)OCC)c(C)c2c1=O. The summed E-state index contributed by atoms with van der Waals surface area (Å²) in [5.74, 6) is -0.814. The van der Waals surface area contributed by atoms with E-state index in [1.165, 1.54) is 22.7 Å². The highest BCUT2D eigenvalue weighted by molar-refractivity contribution is 7.21. The Balaban J connectivity index is 1.92. The van der Waals surface area contributed by atoms with Crippen LogP contribution < -0.4 is 10.9 Å². The van der Waals surface area contributed by atoms with E-state index in [-0.39, 0.29) is 18.1 Å². The molecule has 9 heteroatoms. The first-order chi connectivity index (χ1) is 14.9. The molecule has 31 heavy (non-hydrogen) atoms. The molecule has 3 aromatic rings. The molecule has 1 amide bonds. The number of hydrogen-bond acceptors (Lipinski definition) is 7. The lowest BCUT2D eigenvalue weighted by atomic mass is 10.2. The highest BCUT2D eigenvalue weighted by Gasteiger charge is 2.23. The first-order valence-electron chi connectivity index (χ1n) is 10.5. The molecule has 0 bridgehead atoms. The van der Waals surface area contributed by atoms with Gasteiger partial charge in [0, 0.05) is 11.4 Å². The van der Waals surface area contributed by atoms with Crippen molar-refractivity contribution in [3.05, 3.63) is 43.6 Å². The van der Waals surface area contributed by atoms with Crippen molar-refractivity contribution in [2.45, 2.75) is 59.9 Å². The minimum atomic E-state index is -0.460. The van der Waals surface area contributed by atoms with E-state index in [1.54, 1.807) is 30.8 Å². The number of aryl methyl sites for hydroxylation is 3. The third-order valence-electron chi connectivity index (χ3n) is 4.98. The summed E-state index contributed by atoms with van der Waals surface area (Å²) in [6, 6.07) is 1.76. The van der Waals surface area contributed by atoms with Gasteiger partial charge in [-0.3, -0.25) is 14.2 Å². The number of carbonyl (C=O) groups is 2. The van der Waals surface area contributed by atoms with Crippen LogP contribution in [0.3, 0.4) is 0 Å². The number of carbonyl (C=O) groups excluding carboxylic acids is 2. The van der Waals surface area contributed by atoms with Gasteiger partial charge < -0.3 is 10.1 Å². The average molecular weight is 462 g/mol. The van der Waals surface area contributed by atoms with Crippen molar-refractivity contribution in [3.63, 3.8) is 0 Å². The summed E-state index contributed by atoms with van der Waals surface area (Å²) < 4.78 is 6.74. The summed E-state index contributed by atoms with van der Waals surface area (Å²) >= 11 is 2.55. The second-order valence-corrected chi connectivity index (χ2v) is 9.31. The van der Waals surface area contributed by atoms with Crippen LogP contribution >= 0.6 is 22.7 Å². The van der Waals surface area contributed by atoms with E-state index < -0.39 is 5.97 Å². The van der Waals surface area contributed by atoms with Crippen LogP contribution in [0.4, 0.5) is 5.00 Å². The van der Waals surface area contributed by atoms with Gasteiger partial charge in [0.15, 0.2) is 0 Å². The van der Waals surface area contributed by atoms with Gasteiger partial charge in [-0.25, -0.2) is 9.78 Å². The van der Waals surface area contributed by atoms with Crippen molar-refractivity contribution in [1.29, 1.82) is 0 Å². The molecule has 0 unspecified atom stereocenters. The van der Waals surface area contributed by atoms with Crippen molar-refractivity contribution < 1.29 is 14.3 Å². The predicted octanol–water partition coefficient (Wildman–Crippen LogP) is 5.01. The second kappa shape index (κ2) is 10.2. The number of fused-ring (bicyclic) bond motifs is 1. The molecule has 0 aliphatic rings. The van der Waals surface area contributed by atoms with Crippen molar-refractivity contribution in [2.75, 3.05) is 11.9 Å². The number of nitrogens with zero attached hydrogens (tertiary/aromatic N) is 2. The molecule has 3 heterocycles. The Labute approximate surface area is 189 Å². The third kappa shape index (κ3) is 4.88. The molecule has 0 atom stereocenters. The van der Waals surface area contributed by atoms with Crippen molar-refractivity contribution in [3.8, 4) is 0 Å². The van der Waals surface area contributed by atoms with Gasteiger partial charge in [-0.15, -0.1) is 22.7 Å². The highest BCUT2D eigenvalue weighted by Crippen LogP contribution is 2.32. The lowest BCUT2D eigenvalue weighted by molar-refractivity contribution is 0.0528. The van der Waals surface area contributed by atoms with Crippen LogP contribution in [0.1, 0.15) is 70.5 Å². The smallest absolute Gasteiger partial charge is 0.341 e. The van der Waals surface area contributed by atoms with E-state index in [9.17, 15) is 14.4 Å². The number of hydrogen-bond donors (Lipinski definition) is 1. The van der Waals surface area contributed by atoms with E-state index in [0.29, 0.717) is 37.8 Å². The van der Waals surface area contributed by atoms with E-state index in [2.05, 4.69) is 17.2 Å². The van der Waals surface area contributed by atoms with Crippen LogP contribution in [0.5, 0.6) is 0 Å². The number of rotatable bonds is 9. The molecule has 0 radical (unpaired) electrons. The van der Waals surface area contributed by atoms with E-state index in [1.807, 2.05) is 6.92 Å². The molecule has 0 fully saturated rings. The molecule has 1 N–H and O–H groups in total. The van der Waals surface area contributed by atoms with E-state index in [4.69, 9.17) is 4.74 Å². The number of thiophene rings is 2. The number of unbranched alkanes of at least 4 members (excludes halogenated alkanes) is 2. The van der Waals surface area contributed by atoms with Crippen LogP contribution in [-0.2, 0) is 17.7 Å². The van der Waals surface area contributed by atoms with Gasteiger partial charge >= 0.3 is 5.97 Å². The number of aromatic nitrogens is 2. The quantitative estimate of drug-likeness (QED) is 0.357. The molecule has 3 rings (SSSR count). The maximum absolute atomic E-state index is 13.1. The number of amides is 1. The number of anilines is 1. The molecule has 0 aliphatic carbocycles. The number of ether oxygens (including phenoxy) is 1. The minimum absolute atomic E-state index is 0.120. The zero-order chi connectivity index (χ0) is 22.5. The Hall–Kier alpha value is -2.52. The average Bonchev–Trinajstić information content (AvgIpc) is 3.31.